The Labute approximate surface area is 156 Å². The van der Waals surface area contributed by atoms with Crippen molar-refractivity contribution in [2.45, 2.75) is 11.8 Å². The molecule has 0 aliphatic carbocycles. The average Bonchev–Trinajstić information content (AvgIpc) is 2.65. The number of aryl methyl sites for hydroxylation is 1. The molecule has 0 bridgehead atoms. The molecule has 27 heavy (non-hydrogen) atoms. The van der Waals surface area contributed by atoms with Crippen molar-refractivity contribution in [2.75, 3.05) is 18.0 Å². The highest BCUT2D eigenvalue weighted by molar-refractivity contribution is 7.92. The van der Waals surface area contributed by atoms with Gasteiger partial charge in [-0.05, 0) is 36.8 Å². The summed E-state index contributed by atoms with van der Waals surface area (Å²) >= 11 is 0. The molecule has 142 valence electrons. The molecule has 0 N–H and O–H groups in total. The van der Waals surface area contributed by atoms with E-state index in [2.05, 4.69) is 11.3 Å². The number of nitro groups is 1. The van der Waals surface area contributed by atoms with Crippen LogP contribution in [0.1, 0.15) is 15.9 Å². The lowest BCUT2D eigenvalue weighted by molar-refractivity contribution is -0.385. The summed E-state index contributed by atoms with van der Waals surface area (Å²) in [5, 5.41) is 11.0. The third-order valence-electron chi connectivity index (χ3n) is 3.82. The lowest BCUT2D eigenvalue weighted by Crippen LogP contribution is -2.31. The van der Waals surface area contributed by atoms with Crippen LogP contribution in [-0.4, -0.2) is 33.0 Å². The number of nitrogens with zero attached hydrogens (tertiary/aromatic N) is 2. The molecule has 0 spiro atoms. The van der Waals surface area contributed by atoms with Crippen molar-refractivity contribution in [3.05, 3.63) is 76.4 Å². The van der Waals surface area contributed by atoms with E-state index >= 15 is 0 Å². The number of sulfonamides is 1. The molecule has 0 heterocycles. The number of non-ortho nitro benzene ring substituents is 1. The van der Waals surface area contributed by atoms with Gasteiger partial charge in [0.25, 0.3) is 15.7 Å². The minimum absolute atomic E-state index is 0.0535. The fraction of sp³-hybridized carbons (Fsp3) is 0.167. The first-order valence-corrected chi connectivity index (χ1v) is 9.23. The van der Waals surface area contributed by atoms with Gasteiger partial charge in [0.1, 0.15) is 0 Å². The number of anilines is 1. The Hall–Kier alpha value is -3.20. The largest absolute Gasteiger partial charge is 0.465 e. The van der Waals surface area contributed by atoms with E-state index in [0.29, 0.717) is 5.56 Å². The van der Waals surface area contributed by atoms with Crippen molar-refractivity contribution >= 4 is 27.4 Å². The van der Waals surface area contributed by atoms with Gasteiger partial charge in [-0.25, -0.2) is 13.2 Å². The van der Waals surface area contributed by atoms with Crippen molar-refractivity contribution in [1.82, 2.24) is 0 Å². The van der Waals surface area contributed by atoms with Crippen LogP contribution in [0.5, 0.6) is 0 Å². The van der Waals surface area contributed by atoms with Gasteiger partial charge < -0.3 is 4.74 Å². The predicted octanol–water partition coefficient (Wildman–Crippen LogP) is 3.07. The minimum atomic E-state index is -4.10. The molecule has 0 fully saturated rings. The van der Waals surface area contributed by atoms with Crippen LogP contribution in [0.2, 0.25) is 0 Å². The maximum Gasteiger partial charge on any atom is 0.337 e. The first-order valence-electron chi connectivity index (χ1n) is 7.79. The third-order valence-corrected chi connectivity index (χ3v) is 5.76. The van der Waals surface area contributed by atoms with Crippen LogP contribution < -0.4 is 4.31 Å². The standard InChI is InChI=1S/C18H18N2O6S/c1-4-11-19(15-9-6-14(7-10-15)18(21)26-3)27(24,25)17-12-16(20(22)23)8-5-13(17)2/h4-10,12H,1,11H2,2-3H3. The van der Waals surface area contributed by atoms with Gasteiger partial charge in [-0.3, -0.25) is 14.4 Å². The summed E-state index contributed by atoms with van der Waals surface area (Å²) in [5.41, 5.74) is 0.608. The highest BCUT2D eigenvalue weighted by Gasteiger charge is 2.27. The predicted molar refractivity (Wildman–Crippen MR) is 100 cm³/mol. The quantitative estimate of drug-likeness (QED) is 0.311. The minimum Gasteiger partial charge on any atom is -0.465 e. The number of rotatable bonds is 7. The molecule has 0 radical (unpaired) electrons. The van der Waals surface area contributed by atoms with Crippen molar-refractivity contribution < 1.29 is 22.9 Å². The zero-order valence-corrected chi connectivity index (χ0v) is 15.6. The fourth-order valence-electron chi connectivity index (χ4n) is 2.44. The number of hydrogen-bond acceptors (Lipinski definition) is 6. The summed E-state index contributed by atoms with van der Waals surface area (Å²) in [6.45, 7) is 5.08. The van der Waals surface area contributed by atoms with Gasteiger partial charge >= 0.3 is 5.97 Å². The van der Waals surface area contributed by atoms with E-state index in [9.17, 15) is 23.3 Å². The third kappa shape index (κ3) is 4.14. The summed E-state index contributed by atoms with van der Waals surface area (Å²) in [5.74, 6) is -0.547. The molecular weight excluding hydrogens is 372 g/mol. The summed E-state index contributed by atoms with van der Waals surface area (Å²) in [6.07, 6.45) is 1.40. The smallest absolute Gasteiger partial charge is 0.337 e. The zero-order valence-electron chi connectivity index (χ0n) is 14.8. The number of carbonyl (C=O) groups is 1. The molecule has 2 aromatic carbocycles. The first-order chi connectivity index (χ1) is 12.7. The highest BCUT2D eigenvalue weighted by atomic mass is 32.2. The Balaban J connectivity index is 2.55. The molecular formula is C18H18N2O6S. The van der Waals surface area contributed by atoms with Gasteiger partial charge in [0.05, 0.1) is 34.7 Å². The van der Waals surface area contributed by atoms with Crippen molar-refractivity contribution in [1.29, 1.82) is 0 Å². The molecule has 0 atom stereocenters. The van der Waals surface area contributed by atoms with Gasteiger partial charge in [0, 0.05) is 12.1 Å². The summed E-state index contributed by atoms with van der Waals surface area (Å²) in [4.78, 5) is 21.8. The van der Waals surface area contributed by atoms with Crippen LogP contribution in [0.25, 0.3) is 0 Å². The maximum absolute atomic E-state index is 13.2. The monoisotopic (exact) mass is 390 g/mol. The van der Waals surface area contributed by atoms with Gasteiger partial charge in [-0.1, -0.05) is 12.1 Å². The Morgan fingerprint density at radius 2 is 1.89 bits per heavy atom. The second-order valence-corrected chi connectivity index (χ2v) is 7.40. The molecule has 0 aliphatic rings. The number of ether oxygens (including phenoxy) is 1. The van der Waals surface area contributed by atoms with E-state index in [-0.39, 0.29) is 28.4 Å². The van der Waals surface area contributed by atoms with Crippen molar-refractivity contribution in [3.63, 3.8) is 0 Å². The molecule has 0 saturated heterocycles. The van der Waals surface area contributed by atoms with Gasteiger partial charge in [0.2, 0.25) is 0 Å². The molecule has 0 amide bonds. The summed E-state index contributed by atoms with van der Waals surface area (Å²) in [7, 11) is -2.85. The van der Waals surface area contributed by atoms with Crippen LogP contribution in [0, 0.1) is 17.0 Å². The molecule has 0 aliphatic heterocycles. The van der Waals surface area contributed by atoms with Crippen LogP contribution in [0.4, 0.5) is 11.4 Å². The van der Waals surface area contributed by atoms with Gasteiger partial charge in [0.15, 0.2) is 0 Å². The number of esters is 1. The molecule has 2 rings (SSSR count). The van der Waals surface area contributed by atoms with Crippen LogP contribution in [-0.2, 0) is 14.8 Å². The Morgan fingerprint density at radius 1 is 1.26 bits per heavy atom. The van der Waals surface area contributed by atoms with E-state index in [4.69, 9.17) is 0 Å². The molecule has 8 nitrogen and oxygen atoms in total. The number of carbonyl (C=O) groups excluding carboxylic acids is 1. The second-order valence-electron chi connectivity index (χ2n) is 5.57. The SMILES string of the molecule is C=CCN(c1ccc(C(=O)OC)cc1)S(=O)(=O)c1cc([N+](=O)[O-])ccc1C. The highest BCUT2D eigenvalue weighted by Crippen LogP contribution is 2.28. The topological polar surface area (TPSA) is 107 Å². The fourth-order valence-corrected chi connectivity index (χ4v) is 4.12. The average molecular weight is 390 g/mol. The number of methoxy groups -OCH3 is 1. The molecule has 0 saturated carbocycles. The molecule has 0 unspecified atom stereocenters. The Bertz CT molecular complexity index is 983. The summed E-state index contributed by atoms with van der Waals surface area (Å²) < 4.78 is 32.0. The molecule has 2 aromatic rings. The number of hydrogen-bond donors (Lipinski definition) is 0. The van der Waals surface area contributed by atoms with Crippen molar-refractivity contribution in [3.8, 4) is 0 Å². The van der Waals surface area contributed by atoms with E-state index in [1.807, 2.05) is 0 Å². The first kappa shape index (κ1) is 20.1. The van der Waals surface area contributed by atoms with Gasteiger partial charge in [-0.2, -0.15) is 0 Å². The Morgan fingerprint density at radius 3 is 2.41 bits per heavy atom. The Kier molecular flexibility index (Phi) is 5.96. The maximum atomic E-state index is 13.2. The summed E-state index contributed by atoms with van der Waals surface area (Å²) in [6, 6.07) is 9.46. The van der Waals surface area contributed by atoms with Crippen LogP contribution in [0.15, 0.2) is 60.0 Å². The lowest BCUT2D eigenvalue weighted by atomic mass is 10.2. The van der Waals surface area contributed by atoms with E-state index in [1.165, 1.54) is 49.6 Å². The van der Waals surface area contributed by atoms with E-state index < -0.39 is 20.9 Å². The number of benzene rings is 2. The lowest BCUT2D eigenvalue weighted by Gasteiger charge is -2.24. The van der Waals surface area contributed by atoms with E-state index in [1.54, 1.807) is 6.92 Å². The van der Waals surface area contributed by atoms with Gasteiger partial charge in [-0.15, -0.1) is 6.58 Å². The van der Waals surface area contributed by atoms with Crippen molar-refractivity contribution in [2.24, 2.45) is 0 Å². The molecule has 0 aromatic heterocycles. The normalized spacial score (nSPS) is 10.9. The zero-order chi connectivity index (χ0) is 20.2. The van der Waals surface area contributed by atoms with E-state index in [0.717, 1.165) is 10.4 Å². The van der Waals surface area contributed by atoms with Crippen LogP contribution >= 0.6 is 0 Å². The number of nitro benzene ring substituents is 1. The second kappa shape index (κ2) is 8.00. The van der Waals surface area contributed by atoms with Crippen LogP contribution in [0.3, 0.4) is 0 Å². The molecule has 9 heteroatoms.